The summed E-state index contributed by atoms with van der Waals surface area (Å²) in [6.07, 6.45) is 1.79. The molecule has 0 aliphatic carbocycles. The Balaban J connectivity index is 1.56. The third-order valence-corrected chi connectivity index (χ3v) is 6.25. The zero-order valence-corrected chi connectivity index (χ0v) is 17.1. The smallest absolute Gasteiger partial charge is 0.244 e. The van der Waals surface area contributed by atoms with Crippen LogP contribution in [0.1, 0.15) is 31.3 Å². The molecule has 0 aliphatic heterocycles. The number of nitrogens with zero attached hydrogens (tertiary/aromatic N) is 4. The lowest BCUT2D eigenvalue weighted by Gasteiger charge is -2.10. The molecule has 4 rings (SSSR count). The molecular weight excluding hydrogens is 390 g/mol. The Hall–Kier alpha value is -3.04. The molecule has 0 fully saturated rings. The molecule has 4 aromatic rings. The molecule has 150 valence electrons. The van der Waals surface area contributed by atoms with Crippen LogP contribution in [0.2, 0.25) is 0 Å². The van der Waals surface area contributed by atoms with Gasteiger partial charge in [0.15, 0.2) is 0 Å². The van der Waals surface area contributed by atoms with Crippen molar-refractivity contribution in [1.29, 1.82) is 0 Å². The maximum Gasteiger partial charge on any atom is 0.244 e. The monoisotopic (exact) mass is 411 g/mol. The molecule has 2 heterocycles. The molecule has 1 atom stereocenters. The van der Waals surface area contributed by atoms with Crippen LogP contribution in [0.25, 0.3) is 22.4 Å². The summed E-state index contributed by atoms with van der Waals surface area (Å²) in [6, 6.07) is 11.7. The molecule has 0 saturated carbocycles. The van der Waals surface area contributed by atoms with Crippen molar-refractivity contribution in [2.45, 2.75) is 38.3 Å². The number of fused-ring (bicyclic) bond motifs is 1. The lowest BCUT2D eigenvalue weighted by Crippen LogP contribution is -2.27. The van der Waals surface area contributed by atoms with Crippen LogP contribution in [0.3, 0.4) is 0 Å². The molecule has 0 bridgehead atoms. The van der Waals surface area contributed by atoms with Gasteiger partial charge in [-0.2, -0.15) is 9.71 Å². The van der Waals surface area contributed by atoms with Crippen LogP contribution in [-0.4, -0.2) is 28.1 Å². The average molecular weight is 411 g/mol. The van der Waals surface area contributed by atoms with Crippen LogP contribution in [0, 0.1) is 6.92 Å². The molecule has 8 nitrogen and oxygen atoms in total. The summed E-state index contributed by atoms with van der Waals surface area (Å²) in [5.41, 5.74) is 3.60. The number of hydrogen-bond acceptors (Lipinski definition) is 6. The van der Waals surface area contributed by atoms with Crippen LogP contribution in [0.15, 0.2) is 58.2 Å². The largest absolute Gasteiger partial charge is 0.337 e. The van der Waals surface area contributed by atoms with Crippen molar-refractivity contribution in [1.82, 2.24) is 24.4 Å². The third-order valence-electron chi connectivity index (χ3n) is 4.70. The summed E-state index contributed by atoms with van der Waals surface area (Å²) in [5, 5.41) is 4.00. The average Bonchev–Trinajstić information content (AvgIpc) is 3.34. The van der Waals surface area contributed by atoms with E-state index >= 15 is 0 Å². The highest BCUT2D eigenvalue weighted by atomic mass is 32.2. The van der Waals surface area contributed by atoms with Gasteiger partial charge < -0.3 is 9.09 Å². The Bertz CT molecular complexity index is 1260. The van der Waals surface area contributed by atoms with E-state index in [2.05, 4.69) is 26.8 Å². The number of nitrogens with one attached hydrogen (secondary N) is 1. The number of aryl methyl sites for hydroxylation is 2. The lowest BCUT2D eigenvalue weighted by molar-refractivity contribution is 0.354. The number of imidazole rings is 1. The fraction of sp³-hybridized carbons (Fsp3) is 0.250. The fourth-order valence-electron chi connectivity index (χ4n) is 3.05. The van der Waals surface area contributed by atoms with Gasteiger partial charge in [0.05, 0.1) is 28.3 Å². The molecular formula is C20H21N5O3S. The number of hydrogen-bond donors (Lipinski definition) is 1. The van der Waals surface area contributed by atoms with Gasteiger partial charge in [-0.25, -0.2) is 13.4 Å². The van der Waals surface area contributed by atoms with Crippen LogP contribution in [-0.2, 0) is 16.6 Å². The van der Waals surface area contributed by atoms with Gasteiger partial charge in [0.25, 0.3) is 0 Å². The van der Waals surface area contributed by atoms with Crippen LogP contribution >= 0.6 is 0 Å². The fourth-order valence-corrected chi connectivity index (χ4v) is 4.25. The summed E-state index contributed by atoms with van der Waals surface area (Å²) in [6.45, 7) is 6.45. The van der Waals surface area contributed by atoms with Crippen molar-refractivity contribution in [3.8, 4) is 11.4 Å². The molecule has 0 amide bonds. The van der Waals surface area contributed by atoms with Crippen molar-refractivity contribution in [2.24, 2.45) is 0 Å². The summed E-state index contributed by atoms with van der Waals surface area (Å²) in [5.74, 6) is 0.573. The molecule has 1 N–H and O–H groups in total. The van der Waals surface area contributed by atoms with E-state index in [4.69, 9.17) is 4.52 Å². The van der Waals surface area contributed by atoms with E-state index in [0.29, 0.717) is 5.82 Å². The van der Waals surface area contributed by atoms with Gasteiger partial charge in [-0.05, 0) is 51.1 Å². The second-order valence-corrected chi connectivity index (χ2v) is 8.56. The topological polar surface area (TPSA) is 103 Å². The van der Waals surface area contributed by atoms with Crippen LogP contribution in [0.5, 0.6) is 0 Å². The molecule has 0 unspecified atom stereocenters. The van der Waals surface area contributed by atoms with Crippen molar-refractivity contribution in [3.63, 3.8) is 0 Å². The molecule has 0 radical (unpaired) electrons. The normalized spacial score (nSPS) is 13.1. The maximum absolute atomic E-state index is 12.6. The van der Waals surface area contributed by atoms with E-state index in [1.165, 1.54) is 0 Å². The predicted molar refractivity (Wildman–Crippen MR) is 109 cm³/mol. The van der Waals surface area contributed by atoms with E-state index in [1.807, 2.05) is 29.7 Å². The Morgan fingerprint density at radius 2 is 1.93 bits per heavy atom. The van der Waals surface area contributed by atoms with Crippen LogP contribution in [0.4, 0.5) is 0 Å². The molecule has 2 aromatic carbocycles. The van der Waals surface area contributed by atoms with Gasteiger partial charge in [-0.15, -0.1) is 0 Å². The number of benzene rings is 2. The Morgan fingerprint density at radius 3 is 2.66 bits per heavy atom. The molecule has 29 heavy (non-hydrogen) atoms. The number of aromatic nitrogens is 4. The second-order valence-electron chi connectivity index (χ2n) is 6.85. The van der Waals surface area contributed by atoms with Gasteiger partial charge in [0.1, 0.15) is 0 Å². The van der Waals surface area contributed by atoms with Gasteiger partial charge in [0.2, 0.25) is 21.7 Å². The minimum atomic E-state index is -3.70. The highest BCUT2D eigenvalue weighted by molar-refractivity contribution is 7.89. The van der Waals surface area contributed by atoms with E-state index in [1.54, 1.807) is 37.5 Å². The first-order valence-corrected chi connectivity index (χ1v) is 10.7. The third kappa shape index (κ3) is 3.79. The Morgan fingerprint density at radius 1 is 1.17 bits per heavy atom. The molecule has 0 saturated heterocycles. The summed E-state index contributed by atoms with van der Waals surface area (Å²) < 4.78 is 35.1. The quantitative estimate of drug-likeness (QED) is 0.521. The summed E-state index contributed by atoms with van der Waals surface area (Å²) in [4.78, 5) is 8.94. The van der Waals surface area contributed by atoms with E-state index in [-0.39, 0.29) is 10.8 Å². The van der Waals surface area contributed by atoms with Crippen molar-refractivity contribution < 1.29 is 12.9 Å². The van der Waals surface area contributed by atoms with E-state index in [0.717, 1.165) is 28.7 Å². The van der Waals surface area contributed by atoms with Crippen molar-refractivity contribution >= 4 is 21.1 Å². The van der Waals surface area contributed by atoms with Gasteiger partial charge >= 0.3 is 0 Å². The summed E-state index contributed by atoms with van der Waals surface area (Å²) >= 11 is 0. The second kappa shape index (κ2) is 7.41. The summed E-state index contributed by atoms with van der Waals surface area (Å²) in [7, 11) is -3.70. The minimum Gasteiger partial charge on any atom is -0.337 e. The Labute approximate surface area is 168 Å². The number of sulfonamides is 1. The standard InChI is InChI=1S/C20H21N5O3S/c1-4-25-12-21-17-11-15(7-10-18(17)25)19-22-20(28-23-19)14(3)24-29(26,27)16-8-5-13(2)6-9-16/h5-12,14,24H,4H2,1-3H3/t14-/m1/s1. The van der Waals surface area contributed by atoms with E-state index < -0.39 is 16.1 Å². The van der Waals surface area contributed by atoms with Gasteiger partial charge in [-0.3, -0.25) is 0 Å². The highest BCUT2D eigenvalue weighted by Crippen LogP contribution is 2.24. The first-order valence-electron chi connectivity index (χ1n) is 9.25. The SMILES string of the molecule is CCn1cnc2cc(-c3noc([C@@H](C)NS(=O)(=O)c4ccc(C)cc4)n3)ccc21. The zero-order chi connectivity index (χ0) is 20.6. The molecule has 9 heteroatoms. The zero-order valence-electron chi connectivity index (χ0n) is 16.3. The van der Waals surface area contributed by atoms with Crippen LogP contribution < -0.4 is 4.72 Å². The first-order chi connectivity index (χ1) is 13.9. The minimum absolute atomic E-state index is 0.187. The first kappa shape index (κ1) is 19.3. The molecule has 0 spiro atoms. The van der Waals surface area contributed by atoms with Gasteiger partial charge in [0, 0.05) is 12.1 Å². The van der Waals surface area contributed by atoms with Crippen molar-refractivity contribution in [2.75, 3.05) is 0 Å². The van der Waals surface area contributed by atoms with Gasteiger partial charge in [-0.1, -0.05) is 22.9 Å². The molecule has 2 aromatic heterocycles. The molecule has 0 aliphatic rings. The predicted octanol–water partition coefficient (Wildman–Crippen LogP) is 3.45. The lowest BCUT2D eigenvalue weighted by atomic mass is 10.2. The highest BCUT2D eigenvalue weighted by Gasteiger charge is 2.23. The maximum atomic E-state index is 12.6. The van der Waals surface area contributed by atoms with E-state index in [9.17, 15) is 8.42 Å². The number of rotatable bonds is 6. The Kier molecular flexibility index (Phi) is 4.93. The van der Waals surface area contributed by atoms with Crippen molar-refractivity contribution in [3.05, 3.63) is 60.2 Å².